The van der Waals surface area contributed by atoms with Crippen molar-refractivity contribution in [3.63, 3.8) is 0 Å². The van der Waals surface area contributed by atoms with E-state index in [4.69, 9.17) is 5.41 Å². The number of nitrogens with zero attached hydrogens (tertiary/aromatic N) is 2. The summed E-state index contributed by atoms with van der Waals surface area (Å²) < 4.78 is 23.1. The normalized spacial score (nSPS) is 30.2. The molecule has 2 fully saturated rings. The monoisotopic (exact) mass is 301 g/mol. The Balaban J connectivity index is 1.81. The predicted molar refractivity (Wildman–Crippen MR) is 75.3 cm³/mol. The summed E-state index contributed by atoms with van der Waals surface area (Å²) in [5.74, 6) is 0.268. The van der Waals surface area contributed by atoms with E-state index >= 15 is 0 Å². The number of hydrazone groups is 1. The first kappa shape index (κ1) is 12.2. The van der Waals surface area contributed by atoms with E-state index in [0.29, 0.717) is 5.17 Å². The van der Waals surface area contributed by atoms with Crippen LogP contribution in [-0.4, -0.2) is 47.6 Å². The fraction of sp³-hybridized carbons (Fsp3) is 0.400. The van der Waals surface area contributed by atoms with Crippen LogP contribution in [0.15, 0.2) is 22.6 Å². The molecule has 0 radical (unpaired) electrons. The number of sulfone groups is 1. The minimum atomic E-state index is -2.96. The van der Waals surface area contributed by atoms with E-state index in [1.165, 1.54) is 11.8 Å². The number of fused-ring (bicyclic) bond motifs is 1. The van der Waals surface area contributed by atoms with Crippen LogP contribution < -0.4 is 0 Å². The Labute approximate surface area is 113 Å². The minimum Gasteiger partial charge on any atom is -0.277 e. The molecular formula is C10H11N3O2S3. The standard InChI is InChI=1S/C10H11N3O2S3/c11-10-13(12-4-7-2-1-3-16-7)8-5-18(14,15)6-9(8)17-10/h1-4,8-9,11H,5-6H2/b11-10?,12-4+. The van der Waals surface area contributed by atoms with Crippen LogP contribution in [0.25, 0.3) is 0 Å². The van der Waals surface area contributed by atoms with Gasteiger partial charge in [-0.25, -0.2) is 13.4 Å². The molecule has 3 rings (SSSR count). The molecule has 2 saturated heterocycles. The molecular weight excluding hydrogens is 290 g/mol. The summed E-state index contributed by atoms with van der Waals surface area (Å²) in [4.78, 5) is 0.997. The van der Waals surface area contributed by atoms with Crippen LogP contribution in [0, 0.1) is 5.41 Å². The summed E-state index contributed by atoms with van der Waals surface area (Å²) in [5.41, 5.74) is 0. The van der Waals surface area contributed by atoms with Crippen molar-refractivity contribution in [2.24, 2.45) is 5.10 Å². The van der Waals surface area contributed by atoms with Crippen molar-refractivity contribution < 1.29 is 8.42 Å². The van der Waals surface area contributed by atoms with Crippen LogP contribution >= 0.6 is 23.1 Å². The third-order valence-corrected chi connectivity index (χ3v) is 6.84. The lowest BCUT2D eigenvalue weighted by Crippen LogP contribution is -2.32. The lowest BCUT2D eigenvalue weighted by atomic mass is 10.2. The number of nitrogens with one attached hydrogen (secondary N) is 1. The Kier molecular flexibility index (Phi) is 2.95. The van der Waals surface area contributed by atoms with E-state index in [0.717, 1.165) is 4.88 Å². The number of hydrogen-bond donors (Lipinski definition) is 1. The van der Waals surface area contributed by atoms with Gasteiger partial charge in [0.05, 0.1) is 23.8 Å². The molecule has 8 heteroatoms. The van der Waals surface area contributed by atoms with Crippen LogP contribution in [0.5, 0.6) is 0 Å². The first-order chi connectivity index (χ1) is 8.55. The maximum Gasteiger partial charge on any atom is 0.177 e. The van der Waals surface area contributed by atoms with E-state index in [1.54, 1.807) is 22.6 Å². The molecule has 0 aliphatic carbocycles. The van der Waals surface area contributed by atoms with Crippen LogP contribution in [0.4, 0.5) is 0 Å². The molecule has 1 aromatic rings. The Bertz CT molecular complexity index is 594. The molecule has 1 aromatic heterocycles. The summed E-state index contributed by atoms with van der Waals surface area (Å²) >= 11 is 2.86. The maximum atomic E-state index is 11.6. The molecule has 2 aliphatic rings. The van der Waals surface area contributed by atoms with Crippen molar-refractivity contribution in [2.75, 3.05) is 11.5 Å². The summed E-state index contributed by atoms with van der Waals surface area (Å²) in [5, 5.41) is 15.9. The zero-order chi connectivity index (χ0) is 12.8. The van der Waals surface area contributed by atoms with Gasteiger partial charge in [-0.2, -0.15) is 5.10 Å². The number of rotatable bonds is 2. The van der Waals surface area contributed by atoms with Crippen molar-refractivity contribution >= 4 is 44.3 Å². The van der Waals surface area contributed by atoms with Crippen LogP contribution in [0.1, 0.15) is 4.88 Å². The molecule has 2 aliphatic heterocycles. The van der Waals surface area contributed by atoms with E-state index < -0.39 is 9.84 Å². The van der Waals surface area contributed by atoms with E-state index in [1.807, 2.05) is 17.5 Å². The van der Waals surface area contributed by atoms with Gasteiger partial charge in [-0.1, -0.05) is 17.8 Å². The van der Waals surface area contributed by atoms with E-state index in [2.05, 4.69) is 5.10 Å². The van der Waals surface area contributed by atoms with Gasteiger partial charge in [-0.05, 0) is 11.4 Å². The Morgan fingerprint density at radius 3 is 3.06 bits per heavy atom. The van der Waals surface area contributed by atoms with Crippen LogP contribution in [0.2, 0.25) is 0 Å². The number of amidine groups is 1. The summed E-state index contributed by atoms with van der Waals surface area (Å²) in [6, 6.07) is 3.69. The van der Waals surface area contributed by atoms with E-state index in [9.17, 15) is 8.42 Å². The number of hydrogen-bond acceptors (Lipinski definition) is 6. The molecule has 96 valence electrons. The van der Waals surface area contributed by atoms with Gasteiger partial charge in [-0.15, -0.1) is 11.3 Å². The highest BCUT2D eigenvalue weighted by Gasteiger charge is 2.48. The van der Waals surface area contributed by atoms with Crippen molar-refractivity contribution in [2.45, 2.75) is 11.3 Å². The molecule has 0 aromatic carbocycles. The van der Waals surface area contributed by atoms with Crippen molar-refractivity contribution in [1.29, 1.82) is 5.41 Å². The van der Waals surface area contributed by atoms with Gasteiger partial charge < -0.3 is 0 Å². The summed E-state index contributed by atoms with van der Waals surface area (Å²) in [6.45, 7) is 0. The van der Waals surface area contributed by atoms with Crippen LogP contribution in [0.3, 0.4) is 0 Å². The molecule has 3 heterocycles. The molecule has 0 amide bonds. The fourth-order valence-corrected chi connectivity index (χ4v) is 6.40. The Morgan fingerprint density at radius 2 is 2.33 bits per heavy atom. The Morgan fingerprint density at radius 1 is 1.50 bits per heavy atom. The average molecular weight is 301 g/mol. The second kappa shape index (κ2) is 4.36. The van der Waals surface area contributed by atoms with Gasteiger partial charge in [0.25, 0.3) is 0 Å². The van der Waals surface area contributed by atoms with Gasteiger partial charge in [0.1, 0.15) is 0 Å². The lowest BCUT2D eigenvalue weighted by molar-refractivity contribution is 0.376. The molecule has 5 nitrogen and oxygen atoms in total. The van der Waals surface area contributed by atoms with Crippen molar-refractivity contribution in [1.82, 2.24) is 5.01 Å². The maximum absolute atomic E-state index is 11.6. The topological polar surface area (TPSA) is 73.6 Å². The molecule has 0 spiro atoms. The van der Waals surface area contributed by atoms with Gasteiger partial charge in [0.15, 0.2) is 15.0 Å². The Hall–Kier alpha value is -0.860. The molecule has 0 bridgehead atoms. The largest absolute Gasteiger partial charge is 0.277 e. The third kappa shape index (κ3) is 2.19. The molecule has 1 N–H and O–H groups in total. The van der Waals surface area contributed by atoms with Crippen molar-refractivity contribution in [3.8, 4) is 0 Å². The average Bonchev–Trinajstić information content (AvgIpc) is 2.92. The van der Waals surface area contributed by atoms with Gasteiger partial charge in [-0.3, -0.25) is 5.41 Å². The molecule has 2 unspecified atom stereocenters. The SMILES string of the molecule is N=C1SC2CS(=O)(=O)CC2N1/N=C/c1cccs1. The van der Waals surface area contributed by atoms with E-state index in [-0.39, 0.29) is 22.8 Å². The zero-order valence-corrected chi connectivity index (χ0v) is 11.8. The number of thiophene rings is 1. The van der Waals surface area contributed by atoms with Gasteiger partial charge in [0.2, 0.25) is 0 Å². The highest BCUT2D eigenvalue weighted by atomic mass is 32.2. The highest BCUT2D eigenvalue weighted by molar-refractivity contribution is 8.15. The smallest absolute Gasteiger partial charge is 0.177 e. The molecule has 2 atom stereocenters. The zero-order valence-electron chi connectivity index (χ0n) is 9.31. The quantitative estimate of drug-likeness (QED) is 0.834. The summed E-state index contributed by atoms with van der Waals surface area (Å²) in [7, 11) is -2.96. The molecule has 18 heavy (non-hydrogen) atoms. The third-order valence-electron chi connectivity index (χ3n) is 2.91. The lowest BCUT2D eigenvalue weighted by Gasteiger charge is -2.16. The summed E-state index contributed by atoms with van der Waals surface area (Å²) in [6.07, 6.45) is 1.69. The van der Waals surface area contributed by atoms with Gasteiger partial charge in [0, 0.05) is 10.1 Å². The second-order valence-corrected chi connectivity index (χ2v) is 8.57. The van der Waals surface area contributed by atoms with Crippen LogP contribution in [-0.2, 0) is 9.84 Å². The minimum absolute atomic E-state index is 0.0389. The first-order valence-electron chi connectivity index (χ1n) is 5.37. The first-order valence-corrected chi connectivity index (χ1v) is 8.95. The second-order valence-electron chi connectivity index (χ2n) is 4.21. The highest BCUT2D eigenvalue weighted by Crippen LogP contribution is 2.37. The van der Waals surface area contributed by atoms with Crippen molar-refractivity contribution in [3.05, 3.63) is 22.4 Å². The molecule has 0 saturated carbocycles. The van der Waals surface area contributed by atoms with Gasteiger partial charge >= 0.3 is 0 Å². The fourth-order valence-electron chi connectivity index (χ4n) is 2.11. The number of thioether (sulfide) groups is 1. The predicted octanol–water partition coefficient (Wildman–Crippen LogP) is 1.23.